The summed E-state index contributed by atoms with van der Waals surface area (Å²) in [6, 6.07) is 14.6. The highest BCUT2D eigenvalue weighted by molar-refractivity contribution is 7.99. The van der Waals surface area contributed by atoms with Crippen LogP contribution in [0.4, 0.5) is 18.9 Å². The van der Waals surface area contributed by atoms with Crippen LogP contribution in [-0.2, 0) is 4.79 Å². The lowest BCUT2D eigenvalue weighted by Gasteiger charge is -2.10. The predicted octanol–water partition coefficient (Wildman–Crippen LogP) is 5.39. The van der Waals surface area contributed by atoms with Crippen LogP contribution in [0.3, 0.4) is 0 Å². The molecule has 0 saturated carbocycles. The normalized spacial score (nSPS) is 11.2. The fraction of sp³-hybridized carbons (Fsp3) is 0.190. The van der Waals surface area contributed by atoms with Crippen LogP contribution >= 0.6 is 11.8 Å². The second kappa shape index (κ2) is 9.17. The summed E-state index contributed by atoms with van der Waals surface area (Å²) in [5.41, 5.74) is 4.45. The molecule has 9 heteroatoms. The number of aryl methyl sites for hydroxylation is 2. The minimum atomic E-state index is -4.75. The van der Waals surface area contributed by atoms with E-state index in [1.54, 1.807) is 6.07 Å². The van der Waals surface area contributed by atoms with Crippen molar-refractivity contribution in [2.45, 2.75) is 25.2 Å². The van der Waals surface area contributed by atoms with Crippen LogP contribution in [0.2, 0.25) is 0 Å². The zero-order valence-corrected chi connectivity index (χ0v) is 17.0. The fourth-order valence-electron chi connectivity index (χ4n) is 2.53. The fourth-order valence-corrected chi connectivity index (χ4v) is 3.14. The monoisotopic (exact) mass is 433 g/mol. The van der Waals surface area contributed by atoms with Gasteiger partial charge in [-0.15, -0.1) is 23.4 Å². The molecule has 30 heavy (non-hydrogen) atoms. The number of nitrogens with one attached hydrogen (secondary N) is 1. The van der Waals surface area contributed by atoms with Crippen LogP contribution < -0.4 is 10.1 Å². The maximum absolute atomic E-state index is 12.2. The first-order valence-electron chi connectivity index (χ1n) is 8.89. The molecule has 1 amide bonds. The van der Waals surface area contributed by atoms with E-state index in [1.807, 2.05) is 38.1 Å². The highest BCUT2D eigenvalue weighted by Crippen LogP contribution is 2.25. The summed E-state index contributed by atoms with van der Waals surface area (Å²) in [6.07, 6.45) is -4.75. The summed E-state index contributed by atoms with van der Waals surface area (Å²) in [6.45, 7) is 4.08. The number of halogens is 3. The number of hydrogen-bond donors (Lipinski definition) is 1. The molecule has 0 atom stereocenters. The lowest BCUT2D eigenvalue weighted by Crippen LogP contribution is -2.17. The third kappa shape index (κ3) is 6.21. The molecule has 1 N–H and O–H groups in total. The molecule has 0 saturated heterocycles. The van der Waals surface area contributed by atoms with Crippen LogP contribution in [0.15, 0.2) is 59.6 Å². The lowest BCUT2D eigenvalue weighted by molar-refractivity contribution is -0.274. The molecule has 0 aliphatic carbocycles. The maximum atomic E-state index is 12.2. The molecule has 0 unspecified atom stereocenters. The number of alkyl halides is 3. The SMILES string of the molecule is Cc1ccc(-c2ccc(SCC(=O)Nc3ccc(OC(F)(F)F)cc3)nn2)cc1C. The van der Waals surface area contributed by atoms with Crippen LogP contribution in [0.1, 0.15) is 11.1 Å². The molecule has 0 aliphatic rings. The van der Waals surface area contributed by atoms with Gasteiger partial charge in [0.05, 0.1) is 11.4 Å². The standard InChI is InChI=1S/C21H18F3N3O2S/c1-13-3-4-15(11-14(13)2)18-9-10-20(27-26-18)30-12-19(28)25-16-5-7-17(8-6-16)29-21(22,23)24/h3-11H,12H2,1-2H3,(H,25,28). The van der Waals surface area contributed by atoms with Crippen molar-refractivity contribution in [2.75, 3.05) is 11.1 Å². The molecule has 5 nitrogen and oxygen atoms in total. The Kier molecular flexibility index (Phi) is 6.61. The van der Waals surface area contributed by atoms with Gasteiger partial charge in [0.2, 0.25) is 5.91 Å². The number of ether oxygens (including phenoxy) is 1. The van der Waals surface area contributed by atoms with E-state index in [0.717, 1.165) is 23.4 Å². The first-order chi connectivity index (χ1) is 14.2. The second-order valence-corrected chi connectivity index (χ2v) is 7.46. The molecule has 1 aromatic heterocycles. The Morgan fingerprint density at radius 1 is 1.00 bits per heavy atom. The second-order valence-electron chi connectivity index (χ2n) is 6.46. The van der Waals surface area contributed by atoms with E-state index in [9.17, 15) is 18.0 Å². The first kappa shape index (κ1) is 21.6. The topological polar surface area (TPSA) is 64.1 Å². The van der Waals surface area contributed by atoms with Gasteiger partial charge in [-0.05, 0) is 67.4 Å². The van der Waals surface area contributed by atoms with Gasteiger partial charge < -0.3 is 10.1 Å². The molecule has 0 fully saturated rings. The smallest absolute Gasteiger partial charge is 0.406 e. The van der Waals surface area contributed by atoms with Gasteiger partial charge in [0.1, 0.15) is 10.8 Å². The first-order valence-corrected chi connectivity index (χ1v) is 9.88. The Morgan fingerprint density at radius 2 is 1.73 bits per heavy atom. The van der Waals surface area contributed by atoms with Crippen molar-refractivity contribution in [1.82, 2.24) is 10.2 Å². The summed E-state index contributed by atoms with van der Waals surface area (Å²) in [4.78, 5) is 12.1. The lowest BCUT2D eigenvalue weighted by atomic mass is 10.0. The van der Waals surface area contributed by atoms with E-state index in [-0.39, 0.29) is 17.4 Å². The highest BCUT2D eigenvalue weighted by Gasteiger charge is 2.30. The number of carbonyl (C=O) groups excluding carboxylic acids is 1. The molecule has 0 spiro atoms. The van der Waals surface area contributed by atoms with Crippen molar-refractivity contribution in [3.05, 3.63) is 65.7 Å². The number of anilines is 1. The summed E-state index contributed by atoms with van der Waals surface area (Å²) < 4.78 is 40.3. The van der Waals surface area contributed by atoms with Crippen molar-refractivity contribution >= 4 is 23.4 Å². The van der Waals surface area contributed by atoms with Crippen molar-refractivity contribution in [2.24, 2.45) is 0 Å². The van der Waals surface area contributed by atoms with Gasteiger partial charge in [-0.2, -0.15) is 0 Å². The number of hydrogen-bond acceptors (Lipinski definition) is 5. The third-order valence-electron chi connectivity index (χ3n) is 4.17. The molecule has 2 aromatic carbocycles. The van der Waals surface area contributed by atoms with E-state index >= 15 is 0 Å². The number of rotatable bonds is 6. The van der Waals surface area contributed by atoms with Gasteiger partial charge in [0, 0.05) is 11.3 Å². The average molecular weight is 433 g/mol. The van der Waals surface area contributed by atoms with Gasteiger partial charge in [-0.25, -0.2) is 0 Å². The summed E-state index contributed by atoms with van der Waals surface area (Å²) in [7, 11) is 0. The van der Waals surface area contributed by atoms with Crippen LogP contribution in [0, 0.1) is 13.8 Å². The Hall–Kier alpha value is -3.07. The number of aromatic nitrogens is 2. The average Bonchev–Trinajstić information content (AvgIpc) is 2.69. The molecule has 0 bridgehead atoms. The van der Waals surface area contributed by atoms with Crippen molar-refractivity contribution in [3.8, 4) is 17.0 Å². The van der Waals surface area contributed by atoms with E-state index in [4.69, 9.17) is 0 Å². The Bertz CT molecular complexity index is 1020. The maximum Gasteiger partial charge on any atom is 0.573 e. The molecule has 156 valence electrons. The molecular weight excluding hydrogens is 415 g/mol. The van der Waals surface area contributed by atoms with E-state index in [0.29, 0.717) is 10.7 Å². The number of carbonyl (C=O) groups is 1. The number of amides is 1. The van der Waals surface area contributed by atoms with Crippen molar-refractivity contribution in [1.29, 1.82) is 0 Å². The quantitative estimate of drug-likeness (QED) is 0.528. The highest BCUT2D eigenvalue weighted by atomic mass is 32.2. The number of thioether (sulfide) groups is 1. The molecule has 0 aliphatic heterocycles. The Balaban J connectivity index is 1.52. The van der Waals surface area contributed by atoms with Gasteiger partial charge in [0.25, 0.3) is 0 Å². The zero-order valence-electron chi connectivity index (χ0n) is 16.2. The van der Waals surface area contributed by atoms with Crippen molar-refractivity contribution < 1.29 is 22.7 Å². The summed E-state index contributed by atoms with van der Waals surface area (Å²) >= 11 is 1.21. The van der Waals surface area contributed by atoms with Gasteiger partial charge >= 0.3 is 6.36 Å². The van der Waals surface area contributed by atoms with Crippen LogP contribution in [-0.4, -0.2) is 28.2 Å². The van der Waals surface area contributed by atoms with Crippen LogP contribution in [0.5, 0.6) is 5.75 Å². The molecular formula is C21H18F3N3O2S. The summed E-state index contributed by atoms with van der Waals surface area (Å²) in [5.74, 6) is -0.586. The largest absolute Gasteiger partial charge is 0.573 e. The summed E-state index contributed by atoms with van der Waals surface area (Å²) in [5, 5.41) is 11.5. The van der Waals surface area contributed by atoms with E-state index < -0.39 is 6.36 Å². The van der Waals surface area contributed by atoms with Gasteiger partial charge in [0.15, 0.2) is 0 Å². The molecule has 0 radical (unpaired) electrons. The predicted molar refractivity (Wildman–Crippen MR) is 109 cm³/mol. The molecule has 3 aromatic rings. The zero-order chi connectivity index (χ0) is 21.7. The van der Waals surface area contributed by atoms with E-state index in [1.165, 1.54) is 35.0 Å². The van der Waals surface area contributed by atoms with E-state index in [2.05, 4.69) is 20.3 Å². The molecule has 3 rings (SSSR count). The Morgan fingerprint density at radius 3 is 2.33 bits per heavy atom. The number of nitrogens with zero attached hydrogens (tertiary/aromatic N) is 2. The minimum Gasteiger partial charge on any atom is -0.406 e. The Labute approximate surface area is 175 Å². The third-order valence-corrected chi connectivity index (χ3v) is 5.09. The van der Waals surface area contributed by atoms with Crippen LogP contribution in [0.25, 0.3) is 11.3 Å². The van der Waals surface area contributed by atoms with Gasteiger partial charge in [-0.3, -0.25) is 4.79 Å². The minimum absolute atomic E-state index is 0.0818. The molecule has 1 heterocycles. The van der Waals surface area contributed by atoms with Gasteiger partial charge in [-0.1, -0.05) is 23.9 Å². The van der Waals surface area contributed by atoms with Crippen molar-refractivity contribution in [3.63, 3.8) is 0 Å². The number of benzene rings is 2.